The molecule has 0 bridgehead atoms. The normalized spacial score (nSPS) is 11.2. The zero-order chi connectivity index (χ0) is 12.6. The zero-order valence-corrected chi connectivity index (χ0v) is 11.4. The highest BCUT2D eigenvalue weighted by molar-refractivity contribution is 6.33. The van der Waals surface area contributed by atoms with Crippen LogP contribution in [0.5, 0.6) is 0 Å². The van der Waals surface area contributed by atoms with E-state index in [1.54, 1.807) is 0 Å². The Morgan fingerprint density at radius 2 is 1.94 bits per heavy atom. The molecule has 0 unspecified atom stereocenters. The van der Waals surface area contributed by atoms with Gasteiger partial charge in [-0.3, -0.25) is 4.68 Å². The van der Waals surface area contributed by atoms with Gasteiger partial charge in [-0.2, -0.15) is 5.10 Å². The fourth-order valence-corrected chi connectivity index (χ4v) is 2.15. The number of aryl methyl sites for hydroxylation is 2. The van der Waals surface area contributed by atoms with Crippen LogP contribution >= 0.6 is 11.6 Å². The van der Waals surface area contributed by atoms with Crippen LogP contribution in [0.4, 0.5) is 0 Å². The zero-order valence-electron chi connectivity index (χ0n) is 10.7. The summed E-state index contributed by atoms with van der Waals surface area (Å²) in [6.45, 7) is 8.34. The summed E-state index contributed by atoms with van der Waals surface area (Å²) in [7, 11) is 0. The molecule has 0 amide bonds. The number of hydrogen-bond donors (Lipinski definition) is 0. The molecule has 0 fully saturated rings. The third-order valence-electron chi connectivity index (χ3n) is 2.82. The molecule has 2 nitrogen and oxygen atoms in total. The van der Waals surface area contributed by atoms with Crippen molar-refractivity contribution in [3.8, 4) is 11.3 Å². The molecule has 0 atom stereocenters. The van der Waals surface area contributed by atoms with Crippen LogP contribution in [0.3, 0.4) is 0 Å². The van der Waals surface area contributed by atoms with Gasteiger partial charge in [-0.15, -0.1) is 0 Å². The Labute approximate surface area is 107 Å². The minimum atomic E-state index is 0.367. The van der Waals surface area contributed by atoms with Gasteiger partial charge in [0.25, 0.3) is 0 Å². The van der Waals surface area contributed by atoms with Crippen molar-refractivity contribution in [3.63, 3.8) is 0 Å². The van der Waals surface area contributed by atoms with Gasteiger partial charge >= 0.3 is 0 Å². The van der Waals surface area contributed by atoms with Crippen molar-refractivity contribution >= 4 is 11.6 Å². The molecule has 2 aromatic rings. The van der Waals surface area contributed by atoms with Gasteiger partial charge in [0.15, 0.2) is 0 Å². The van der Waals surface area contributed by atoms with Crippen molar-refractivity contribution in [3.05, 3.63) is 40.5 Å². The number of halogens is 1. The molecule has 0 aliphatic carbocycles. The van der Waals surface area contributed by atoms with Crippen LogP contribution in [0.1, 0.15) is 31.0 Å². The van der Waals surface area contributed by atoms with Gasteiger partial charge < -0.3 is 0 Å². The summed E-state index contributed by atoms with van der Waals surface area (Å²) in [4.78, 5) is 0. The molecule has 2 rings (SSSR count). The fourth-order valence-electron chi connectivity index (χ4n) is 1.83. The number of benzene rings is 1. The molecule has 90 valence electrons. The molecular formula is C14H17ClN2. The van der Waals surface area contributed by atoms with E-state index in [4.69, 9.17) is 11.6 Å². The lowest BCUT2D eigenvalue weighted by molar-refractivity contribution is 0.533. The van der Waals surface area contributed by atoms with Crippen molar-refractivity contribution in [1.82, 2.24) is 9.78 Å². The Morgan fingerprint density at radius 1 is 1.24 bits per heavy atom. The highest BCUT2D eigenvalue weighted by atomic mass is 35.5. The van der Waals surface area contributed by atoms with Crippen LogP contribution in [0, 0.1) is 13.8 Å². The number of hydrogen-bond acceptors (Lipinski definition) is 1. The maximum absolute atomic E-state index is 6.28. The first-order valence-corrected chi connectivity index (χ1v) is 6.19. The van der Waals surface area contributed by atoms with E-state index >= 15 is 0 Å². The van der Waals surface area contributed by atoms with Crippen molar-refractivity contribution in [2.45, 2.75) is 33.7 Å². The lowest BCUT2D eigenvalue weighted by Crippen LogP contribution is -2.00. The SMILES string of the molecule is Cc1ccc(-c2nn(C(C)C)cc2C)c(Cl)c1. The van der Waals surface area contributed by atoms with E-state index < -0.39 is 0 Å². The summed E-state index contributed by atoms with van der Waals surface area (Å²) in [6, 6.07) is 6.45. The second-order valence-corrected chi connectivity index (χ2v) is 5.12. The van der Waals surface area contributed by atoms with Crippen molar-refractivity contribution in [2.75, 3.05) is 0 Å². The summed E-state index contributed by atoms with van der Waals surface area (Å²) < 4.78 is 1.97. The topological polar surface area (TPSA) is 17.8 Å². The Hall–Kier alpha value is -1.28. The maximum Gasteiger partial charge on any atom is 0.0967 e. The molecule has 3 heteroatoms. The highest BCUT2D eigenvalue weighted by Gasteiger charge is 2.12. The molecule has 0 N–H and O–H groups in total. The summed E-state index contributed by atoms with van der Waals surface area (Å²) in [5.41, 5.74) is 4.31. The minimum absolute atomic E-state index is 0.367. The molecule has 0 aliphatic rings. The van der Waals surface area contributed by atoms with Gasteiger partial charge in [-0.25, -0.2) is 0 Å². The van der Waals surface area contributed by atoms with Crippen LogP contribution in [0.2, 0.25) is 5.02 Å². The van der Waals surface area contributed by atoms with Gasteiger partial charge in [0.05, 0.1) is 10.7 Å². The molecule has 0 aliphatic heterocycles. The van der Waals surface area contributed by atoms with Gasteiger partial charge in [0.1, 0.15) is 0 Å². The van der Waals surface area contributed by atoms with Crippen LogP contribution in [0.25, 0.3) is 11.3 Å². The highest BCUT2D eigenvalue weighted by Crippen LogP contribution is 2.30. The Kier molecular flexibility index (Phi) is 3.25. The fraction of sp³-hybridized carbons (Fsp3) is 0.357. The molecule has 1 aromatic heterocycles. The Balaban J connectivity index is 2.52. The monoisotopic (exact) mass is 248 g/mol. The van der Waals surface area contributed by atoms with Gasteiger partial charge in [0.2, 0.25) is 0 Å². The number of aromatic nitrogens is 2. The van der Waals surface area contributed by atoms with Crippen LogP contribution in [0.15, 0.2) is 24.4 Å². The number of nitrogens with zero attached hydrogens (tertiary/aromatic N) is 2. The van der Waals surface area contributed by atoms with Crippen LogP contribution in [-0.4, -0.2) is 9.78 Å². The van der Waals surface area contributed by atoms with E-state index in [0.717, 1.165) is 21.8 Å². The van der Waals surface area contributed by atoms with Crippen molar-refractivity contribution in [1.29, 1.82) is 0 Å². The van der Waals surface area contributed by atoms with E-state index in [2.05, 4.69) is 38.1 Å². The molecule has 1 aromatic carbocycles. The minimum Gasteiger partial charge on any atom is -0.269 e. The Bertz CT molecular complexity index is 541. The van der Waals surface area contributed by atoms with Crippen molar-refractivity contribution in [2.24, 2.45) is 0 Å². The average Bonchev–Trinajstić information content (AvgIpc) is 2.61. The van der Waals surface area contributed by atoms with Gasteiger partial charge in [0, 0.05) is 17.8 Å². The molecule has 0 saturated heterocycles. The standard InChI is InChI=1S/C14H17ClN2/c1-9(2)17-8-11(4)14(16-17)12-6-5-10(3)7-13(12)15/h5-9H,1-4H3. The first-order valence-electron chi connectivity index (χ1n) is 5.81. The van der Waals surface area contributed by atoms with Gasteiger partial charge in [-0.05, 0) is 44.9 Å². The molecule has 0 spiro atoms. The largest absolute Gasteiger partial charge is 0.269 e. The van der Waals surface area contributed by atoms with E-state index in [9.17, 15) is 0 Å². The predicted octanol–water partition coefficient (Wildman–Crippen LogP) is 4.40. The lowest BCUT2D eigenvalue weighted by atomic mass is 10.1. The quantitative estimate of drug-likeness (QED) is 0.770. The summed E-state index contributed by atoms with van der Waals surface area (Å²) in [5.74, 6) is 0. The van der Waals surface area contributed by atoms with Crippen molar-refractivity contribution < 1.29 is 0 Å². The second kappa shape index (κ2) is 4.53. The van der Waals surface area contributed by atoms with E-state index in [-0.39, 0.29) is 0 Å². The first-order chi connectivity index (χ1) is 7.99. The summed E-state index contributed by atoms with van der Waals surface area (Å²) >= 11 is 6.28. The number of rotatable bonds is 2. The summed E-state index contributed by atoms with van der Waals surface area (Å²) in [5, 5.41) is 5.37. The van der Waals surface area contributed by atoms with Crippen LogP contribution < -0.4 is 0 Å². The molecular weight excluding hydrogens is 232 g/mol. The molecule has 17 heavy (non-hydrogen) atoms. The smallest absolute Gasteiger partial charge is 0.0967 e. The lowest BCUT2D eigenvalue weighted by Gasteiger charge is -2.05. The third-order valence-corrected chi connectivity index (χ3v) is 3.14. The summed E-state index contributed by atoms with van der Waals surface area (Å²) in [6.07, 6.45) is 2.07. The second-order valence-electron chi connectivity index (χ2n) is 4.72. The van der Waals surface area contributed by atoms with E-state index in [1.165, 1.54) is 5.56 Å². The van der Waals surface area contributed by atoms with E-state index in [1.807, 2.05) is 23.7 Å². The maximum atomic E-state index is 6.28. The molecule has 0 radical (unpaired) electrons. The molecule has 1 heterocycles. The first kappa shape index (κ1) is 12.2. The van der Waals surface area contributed by atoms with E-state index in [0.29, 0.717) is 6.04 Å². The van der Waals surface area contributed by atoms with Gasteiger partial charge in [-0.1, -0.05) is 23.7 Å². The Morgan fingerprint density at radius 3 is 2.47 bits per heavy atom. The molecule has 0 saturated carbocycles. The third kappa shape index (κ3) is 2.37. The average molecular weight is 249 g/mol. The van der Waals surface area contributed by atoms with Crippen LogP contribution in [-0.2, 0) is 0 Å². The predicted molar refractivity (Wildman–Crippen MR) is 72.5 cm³/mol.